The summed E-state index contributed by atoms with van der Waals surface area (Å²) in [6.07, 6.45) is 34.7. The van der Waals surface area contributed by atoms with Crippen LogP contribution in [0.25, 0.3) is 0 Å². The minimum atomic E-state index is 0.0898. The summed E-state index contributed by atoms with van der Waals surface area (Å²) in [5.41, 5.74) is 0. The molecule has 4 rings (SSSR count). The quantitative estimate of drug-likeness (QED) is 0.105. The van der Waals surface area contributed by atoms with Gasteiger partial charge in [-0.05, 0) is 151 Å². The Bertz CT molecular complexity index is 674. The predicted octanol–water partition coefficient (Wildman–Crippen LogP) is 10.6. The summed E-state index contributed by atoms with van der Waals surface area (Å²) in [4.78, 5) is 12.6. The smallest absolute Gasteiger partial charge is 0.308 e. The van der Waals surface area contributed by atoms with Crippen LogP contribution < -0.4 is 0 Å². The third kappa shape index (κ3) is 11.1. The van der Waals surface area contributed by atoms with Crippen LogP contribution in [-0.4, -0.2) is 26.3 Å². The first-order valence-corrected chi connectivity index (χ1v) is 18.4. The number of unbranched alkanes of at least 4 members (excludes halogenated alkanes) is 6. The highest BCUT2D eigenvalue weighted by molar-refractivity contribution is 5.72. The zero-order valence-corrected chi connectivity index (χ0v) is 27.0. The van der Waals surface area contributed by atoms with Gasteiger partial charge in [-0.1, -0.05) is 45.4 Å². The van der Waals surface area contributed by atoms with Gasteiger partial charge in [-0.15, -0.1) is 12.8 Å². The summed E-state index contributed by atoms with van der Waals surface area (Å²) in [5.74, 6) is 7.22. The first kappa shape index (κ1) is 33.2. The van der Waals surface area contributed by atoms with Crippen LogP contribution in [0.3, 0.4) is 0 Å². The summed E-state index contributed by atoms with van der Waals surface area (Å²) in [5, 5.41) is 0. The fraction of sp³-hybridized carbons (Fsp3) is 0.921. The number of hydrogen-bond donors (Lipinski definition) is 0. The molecular weight excluding hydrogens is 504 g/mol. The van der Waals surface area contributed by atoms with E-state index in [0.717, 1.165) is 86.6 Å². The summed E-state index contributed by atoms with van der Waals surface area (Å²) >= 11 is 0. The van der Waals surface area contributed by atoms with Crippen LogP contribution in [0, 0.1) is 60.7 Å². The number of ether oxygens (including phenoxy) is 2. The van der Waals surface area contributed by atoms with Crippen molar-refractivity contribution in [2.24, 2.45) is 47.3 Å². The first-order valence-electron chi connectivity index (χ1n) is 18.4. The van der Waals surface area contributed by atoms with Crippen molar-refractivity contribution in [3.05, 3.63) is 13.3 Å². The largest absolute Gasteiger partial charge is 0.465 e. The van der Waals surface area contributed by atoms with Gasteiger partial charge in [0.15, 0.2) is 0 Å². The van der Waals surface area contributed by atoms with Crippen LogP contribution in [0.2, 0.25) is 0 Å². The number of carbonyl (C=O) groups excluding carboxylic acids is 1. The normalized spacial score (nSPS) is 34.8. The van der Waals surface area contributed by atoms with Gasteiger partial charge in [-0.2, -0.15) is 0 Å². The van der Waals surface area contributed by atoms with Crippen molar-refractivity contribution in [2.75, 3.05) is 20.3 Å². The number of carbonyl (C=O) groups is 1. The van der Waals surface area contributed by atoms with Gasteiger partial charge >= 0.3 is 5.97 Å². The van der Waals surface area contributed by atoms with Crippen LogP contribution in [0.5, 0.6) is 0 Å². The van der Waals surface area contributed by atoms with E-state index in [1.54, 1.807) is 7.11 Å². The Morgan fingerprint density at radius 1 is 0.585 bits per heavy atom. The Hall–Kier alpha value is -0.700. The first-order chi connectivity index (χ1) is 20.2. The fourth-order valence-electron chi connectivity index (χ4n) is 9.66. The standard InChI is InChI=1S/C38H66O3/c1-3-4-5-8-11-30-12-14-31(15-13-30)32-16-18-33(19-17-32)34-20-22-35(23-21-34)36-24-26-37(27-25-36)38(39)41-29-10-7-6-9-28-40-2/h3,30-37H,1,4-29H2,2H3. The highest BCUT2D eigenvalue weighted by atomic mass is 16.5. The molecular formula is C38H66O3. The van der Waals surface area contributed by atoms with Crippen molar-refractivity contribution in [1.29, 1.82) is 0 Å². The molecule has 0 unspecified atom stereocenters. The van der Waals surface area contributed by atoms with Crippen molar-refractivity contribution in [2.45, 2.75) is 154 Å². The zero-order valence-electron chi connectivity index (χ0n) is 27.0. The van der Waals surface area contributed by atoms with Gasteiger partial charge in [-0.25, -0.2) is 0 Å². The van der Waals surface area contributed by atoms with Crippen LogP contribution in [0.15, 0.2) is 0 Å². The third-order valence-electron chi connectivity index (χ3n) is 12.4. The Labute approximate surface area is 255 Å². The predicted molar refractivity (Wildman–Crippen MR) is 171 cm³/mol. The van der Waals surface area contributed by atoms with Gasteiger partial charge in [0.25, 0.3) is 0 Å². The summed E-state index contributed by atoms with van der Waals surface area (Å²) in [6, 6.07) is 0. The van der Waals surface area contributed by atoms with E-state index in [-0.39, 0.29) is 11.9 Å². The maximum atomic E-state index is 12.6. The van der Waals surface area contributed by atoms with E-state index in [2.05, 4.69) is 13.3 Å². The van der Waals surface area contributed by atoms with Crippen molar-refractivity contribution in [1.82, 2.24) is 0 Å². The summed E-state index contributed by atoms with van der Waals surface area (Å²) < 4.78 is 10.8. The van der Waals surface area contributed by atoms with Gasteiger partial charge in [0.05, 0.1) is 12.5 Å². The SMILES string of the molecule is [CH2+][CH-]CCCCC1CCC(C2CCC(C3CCC(C4CCC(C(=O)OCCCCCCOC)CC4)CC3)CC2)CC1. The lowest BCUT2D eigenvalue weighted by atomic mass is 9.63. The Morgan fingerprint density at radius 2 is 1.02 bits per heavy atom. The van der Waals surface area contributed by atoms with Crippen LogP contribution >= 0.6 is 0 Å². The lowest BCUT2D eigenvalue weighted by Gasteiger charge is -2.43. The molecule has 0 aromatic carbocycles. The molecule has 0 heterocycles. The van der Waals surface area contributed by atoms with E-state index >= 15 is 0 Å². The minimum absolute atomic E-state index is 0.0898. The van der Waals surface area contributed by atoms with E-state index in [1.165, 1.54) is 116 Å². The molecule has 0 radical (unpaired) electrons. The molecule has 0 saturated heterocycles. The maximum absolute atomic E-state index is 12.6. The average molecular weight is 571 g/mol. The van der Waals surface area contributed by atoms with Crippen LogP contribution in [0.4, 0.5) is 0 Å². The zero-order chi connectivity index (χ0) is 28.7. The Morgan fingerprint density at radius 3 is 1.49 bits per heavy atom. The van der Waals surface area contributed by atoms with Crippen LogP contribution in [0.1, 0.15) is 154 Å². The monoisotopic (exact) mass is 571 g/mol. The molecule has 4 saturated carbocycles. The molecule has 4 aliphatic carbocycles. The molecule has 236 valence electrons. The lowest BCUT2D eigenvalue weighted by Crippen LogP contribution is -2.32. The Balaban J connectivity index is 1.04. The van der Waals surface area contributed by atoms with Gasteiger partial charge in [0.1, 0.15) is 0 Å². The molecule has 0 spiro atoms. The molecule has 4 fully saturated rings. The number of rotatable bonds is 16. The summed E-state index contributed by atoms with van der Waals surface area (Å²) in [7, 11) is 1.76. The molecule has 0 aromatic heterocycles. The van der Waals surface area contributed by atoms with Gasteiger partial charge in [0, 0.05) is 13.7 Å². The highest BCUT2D eigenvalue weighted by Crippen LogP contribution is 2.48. The van der Waals surface area contributed by atoms with E-state index in [0.29, 0.717) is 6.61 Å². The van der Waals surface area contributed by atoms with Crippen molar-refractivity contribution in [3.8, 4) is 0 Å². The van der Waals surface area contributed by atoms with E-state index in [1.807, 2.05) is 0 Å². The van der Waals surface area contributed by atoms with E-state index in [4.69, 9.17) is 9.47 Å². The molecule has 0 amide bonds. The second-order valence-corrected chi connectivity index (χ2v) is 14.9. The molecule has 4 aliphatic rings. The van der Waals surface area contributed by atoms with Gasteiger partial charge in [0.2, 0.25) is 0 Å². The molecule has 0 aromatic rings. The molecule has 0 N–H and O–H groups in total. The topological polar surface area (TPSA) is 35.5 Å². The molecule has 0 bridgehead atoms. The number of esters is 1. The van der Waals surface area contributed by atoms with E-state index in [9.17, 15) is 4.79 Å². The fourth-order valence-corrected chi connectivity index (χ4v) is 9.66. The van der Waals surface area contributed by atoms with Crippen LogP contribution in [-0.2, 0) is 14.3 Å². The molecule has 3 heteroatoms. The highest BCUT2D eigenvalue weighted by Gasteiger charge is 2.37. The molecule has 0 aliphatic heterocycles. The minimum Gasteiger partial charge on any atom is -0.465 e. The number of hydrogen-bond acceptors (Lipinski definition) is 3. The second-order valence-electron chi connectivity index (χ2n) is 14.9. The molecule has 3 nitrogen and oxygen atoms in total. The van der Waals surface area contributed by atoms with Crippen molar-refractivity contribution in [3.63, 3.8) is 0 Å². The maximum Gasteiger partial charge on any atom is 0.308 e. The van der Waals surface area contributed by atoms with Gasteiger partial charge in [-0.3, -0.25) is 4.79 Å². The van der Waals surface area contributed by atoms with Crippen molar-refractivity contribution >= 4 is 5.97 Å². The number of methoxy groups -OCH3 is 1. The van der Waals surface area contributed by atoms with E-state index < -0.39 is 0 Å². The average Bonchev–Trinajstić information content (AvgIpc) is 3.03. The second kappa shape index (κ2) is 18.9. The third-order valence-corrected chi connectivity index (χ3v) is 12.4. The molecule has 41 heavy (non-hydrogen) atoms. The molecule has 0 atom stereocenters. The Kier molecular flexibility index (Phi) is 15.3. The lowest BCUT2D eigenvalue weighted by molar-refractivity contribution is -0.150. The summed E-state index contributed by atoms with van der Waals surface area (Å²) in [6.45, 7) is 5.32. The van der Waals surface area contributed by atoms with Gasteiger partial charge < -0.3 is 9.47 Å². The van der Waals surface area contributed by atoms with Crippen molar-refractivity contribution < 1.29 is 14.3 Å².